The van der Waals surface area contributed by atoms with E-state index in [2.05, 4.69) is 5.32 Å². The lowest BCUT2D eigenvalue weighted by Gasteiger charge is -2.04. The van der Waals surface area contributed by atoms with Crippen LogP contribution in [0.15, 0.2) is 51.6 Å². The van der Waals surface area contributed by atoms with Crippen LogP contribution >= 0.6 is 11.3 Å². The predicted molar refractivity (Wildman–Crippen MR) is 79.5 cm³/mol. The van der Waals surface area contributed by atoms with Gasteiger partial charge in [-0.3, -0.25) is 4.79 Å². The van der Waals surface area contributed by atoms with Crippen LogP contribution < -0.4 is 5.32 Å². The minimum Gasteiger partial charge on any atom is -0.459 e. The molecule has 112 valence electrons. The molecule has 2 aromatic heterocycles. The molecule has 0 aliphatic rings. The van der Waals surface area contributed by atoms with Crippen molar-refractivity contribution in [2.24, 2.45) is 0 Å². The van der Waals surface area contributed by atoms with Crippen molar-refractivity contribution in [3.63, 3.8) is 0 Å². The van der Waals surface area contributed by atoms with Gasteiger partial charge in [0.25, 0.3) is 5.91 Å². The van der Waals surface area contributed by atoms with Crippen molar-refractivity contribution < 1.29 is 18.0 Å². The van der Waals surface area contributed by atoms with Gasteiger partial charge in [0.2, 0.25) is 0 Å². The molecule has 3 nitrogen and oxygen atoms in total. The molecule has 1 aromatic carbocycles. The monoisotopic (exact) mass is 319 g/mol. The Balaban J connectivity index is 1.65. The number of hydrogen-bond donors (Lipinski definition) is 1. The molecule has 0 unspecified atom stereocenters. The molecule has 1 amide bonds. The number of amides is 1. The van der Waals surface area contributed by atoms with Crippen LogP contribution in [-0.4, -0.2) is 5.91 Å². The highest BCUT2D eigenvalue weighted by atomic mass is 32.1. The fourth-order valence-corrected chi connectivity index (χ4v) is 2.58. The Hall–Kier alpha value is -2.47. The average molecular weight is 319 g/mol. The van der Waals surface area contributed by atoms with Gasteiger partial charge in [-0.1, -0.05) is 0 Å². The van der Waals surface area contributed by atoms with Crippen LogP contribution in [0.3, 0.4) is 0 Å². The molecule has 3 aromatic rings. The molecular weight excluding hydrogens is 308 g/mol. The van der Waals surface area contributed by atoms with Crippen LogP contribution in [0.5, 0.6) is 0 Å². The second-order valence-electron chi connectivity index (χ2n) is 4.59. The van der Waals surface area contributed by atoms with Gasteiger partial charge in [-0.25, -0.2) is 8.78 Å². The average Bonchev–Trinajstić information content (AvgIpc) is 3.18. The molecule has 0 saturated carbocycles. The first kappa shape index (κ1) is 14.5. The lowest BCUT2D eigenvalue weighted by Crippen LogP contribution is -2.22. The Bertz CT molecular complexity index is 796. The highest BCUT2D eigenvalue weighted by Gasteiger charge is 2.11. The van der Waals surface area contributed by atoms with Gasteiger partial charge < -0.3 is 9.73 Å². The second-order valence-corrected chi connectivity index (χ2v) is 5.37. The molecule has 0 aliphatic carbocycles. The van der Waals surface area contributed by atoms with Gasteiger partial charge in [-0.05, 0) is 41.8 Å². The van der Waals surface area contributed by atoms with E-state index < -0.39 is 17.5 Å². The van der Waals surface area contributed by atoms with Crippen LogP contribution in [-0.2, 0) is 6.54 Å². The van der Waals surface area contributed by atoms with E-state index in [1.54, 1.807) is 17.4 Å². The van der Waals surface area contributed by atoms with Gasteiger partial charge in [-0.15, -0.1) is 0 Å². The van der Waals surface area contributed by atoms with E-state index >= 15 is 0 Å². The molecule has 0 aliphatic heterocycles. The smallest absolute Gasteiger partial charge is 0.251 e. The summed E-state index contributed by atoms with van der Waals surface area (Å²) in [5.74, 6) is -1.23. The maximum atomic E-state index is 13.1. The highest BCUT2D eigenvalue weighted by molar-refractivity contribution is 7.08. The summed E-state index contributed by atoms with van der Waals surface area (Å²) in [6, 6.07) is 8.54. The first-order valence-electron chi connectivity index (χ1n) is 6.48. The number of nitrogens with one attached hydrogen (secondary N) is 1. The van der Waals surface area contributed by atoms with Crippen LogP contribution in [0, 0.1) is 11.6 Å². The quantitative estimate of drug-likeness (QED) is 0.782. The molecule has 0 bridgehead atoms. The van der Waals surface area contributed by atoms with Crippen LogP contribution in [0.1, 0.15) is 16.1 Å². The summed E-state index contributed by atoms with van der Waals surface area (Å²) in [5, 5.41) is 6.51. The van der Waals surface area contributed by atoms with Crippen molar-refractivity contribution in [2.75, 3.05) is 0 Å². The van der Waals surface area contributed by atoms with Crippen LogP contribution in [0.4, 0.5) is 8.78 Å². The molecule has 0 saturated heterocycles. The lowest BCUT2D eigenvalue weighted by molar-refractivity contribution is 0.0947. The molecule has 6 heteroatoms. The van der Waals surface area contributed by atoms with Crippen molar-refractivity contribution >= 4 is 17.2 Å². The molecular formula is C16H11F2NO2S. The third-order valence-electron chi connectivity index (χ3n) is 3.07. The largest absolute Gasteiger partial charge is 0.459 e. The molecule has 0 fully saturated rings. The summed E-state index contributed by atoms with van der Waals surface area (Å²) < 4.78 is 31.5. The number of hydrogen-bond acceptors (Lipinski definition) is 3. The number of carbonyl (C=O) groups is 1. The number of benzene rings is 1. The maximum Gasteiger partial charge on any atom is 0.251 e. The maximum absolute atomic E-state index is 13.1. The summed E-state index contributed by atoms with van der Waals surface area (Å²) >= 11 is 1.57. The fourth-order valence-electron chi connectivity index (χ4n) is 1.94. The van der Waals surface area contributed by atoms with E-state index in [1.807, 2.05) is 22.9 Å². The van der Waals surface area contributed by atoms with Crippen molar-refractivity contribution in [2.45, 2.75) is 6.54 Å². The zero-order valence-corrected chi connectivity index (χ0v) is 12.1. The molecule has 0 atom stereocenters. The molecule has 0 spiro atoms. The van der Waals surface area contributed by atoms with Crippen LogP contribution in [0.25, 0.3) is 11.3 Å². The number of furan rings is 1. The SMILES string of the molecule is O=C(NCc1ccc(-c2ccsc2)o1)c1ccc(F)c(F)c1. The zero-order valence-electron chi connectivity index (χ0n) is 11.3. The molecule has 2 heterocycles. The van der Waals surface area contributed by atoms with Crippen molar-refractivity contribution in [1.82, 2.24) is 5.32 Å². The van der Waals surface area contributed by atoms with E-state index in [9.17, 15) is 13.6 Å². The number of carbonyl (C=O) groups excluding carboxylic acids is 1. The van der Waals surface area contributed by atoms with Gasteiger partial charge in [0.15, 0.2) is 11.6 Å². The first-order chi connectivity index (χ1) is 10.6. The summed E-state index contributed by atoms with van der Waals surface area (Å²) in [7, 11) is 0. The van der Waals surface area contributed by atoms with E-state index in [-0.39, 0.29) is 12.1 Å². The minimum absolute atomic E-state index is 0.0588. The predicted octanol–water partition coefficient (Wildman–Crippen LogP) is 4.22. The van der Waals surface area contributed by atoms with Gasteiger partial charge in [0, 0.05) is 16.5 Å². The van der Waals surface area contributed by atoms with Gasteiger partial charge in [0.05, 0.1) is 6.54 Å². The molecule has 3 rings (SSSR count). The Morgan fingerprint density at radius 2 is 2.00 bits per heavy atom. The van der Waals surface area contributed by atoms with Gasteiger partial charge in [0.1, 0.15) is 11.5 Å². The standard InChI is InChI=1S/C16H11F2NO2S/c17-13-3-1-10(7-14(13)18)16(20)19-8-12-2-4-15(21-12)11-5-6-22-9-11/h1-7,9H,8H2,(H,19,20). The number of thiophene rings is 1. The topological polar surface area (TPSA) is 42.2 Å². The molecule has 0 radical (unpaired) electrons. The van der Waals surface area contributed by atoms with Gasteiger partial charge >= 0.3 is 0 Å². The minimum atomic E-state index is -1.05. The Morgan fingerprint density at radius 3 is 2.73 bits per heavy atom. The Morgan fingerprint density at radius 1 is 1.14 bits per heavy atom. The zero-order chi connectivity index (χ0) is 15.5. The molecule has 22 heavy (non-hydrogen) atoms. The summed E-state index contributed by atoms with van der Waals surface area (Å²) in [6.45, 7) is 0.169. The Kier molecular flexibility index (Phi) is 4.02. The van der Waals surface area contributed by atoms with Crippen molar-refractivity contribution in [3.05, 3.63) is 70.1 Å². The summed E-state index contributed by atoms with van der Waals surface area (Å²) in [4.78, 5) is 11.9. The number of rotatable bonds is 4. The third-order valence-corrected chi connectivity index (χ3v) is 3.76. The van der Waals surface area contributed by atoms with E-state index in [4.69, 9.17) is 4.42 Å². The van der Waals surface area contributed by atoms with Gasteiger partial charge in [-0.2, -0.15) is 11.3 Å². The number of halogens is 2. The Labute approximate surface area is 129 Å². The summed E-state index contributed by atoms with van der Waals surface area (Å²) in [5.41, 5.74) is 1.03. The van der Waals surface area contributed by atoms with E-state index in [0.29, 0.717) is 5.76 Å². The van der Waals surface area contributed by atoms with Crippen molar-refractivity contribution in [3.8, 4) is 11.3 Å². The van der Waals surface area contributed by atoms with E-state index in [0.717, 1.165) is 23.5 Å². The van der Waals surface area contributed by atoms with Crippen molar-refractivity contribution in [1.29, 1.82) is 0 Å². The molecule has 1 N–H and O–H groups in total. The normalized spacial score (nSPS) is 10.6. The lowest BCUT2D eigenvalue weighted by atomic mass is 10.2. The van der Waals surface area contributed by atoms with Crippen LogP contribution in [0.2, 0.25) is 0 Å². The third kappa shape index (κ3) is 3.07. The second kappa shape index (κ2) is 6.11. The summed E-state index contributed by atoms with van der Waals surface area (Å²) in [6.07, 6.45) is 0. The fraction of sp³-hybridized carbons (Fsp3) is 0.0625. The first-order valence-corrected chi connectivity index (χ1v) is 7.42. The highest BCUT2D eigenvalue weighted by Crippen LogP contribution is 2.24. The van der Waals surface area contributed by atoms with E-state index in [1.165, 1.54) is 6.07 Å².